The minimum absolute atomic E-state index is 0.0934. The van der Waals surface area contributed by atoms with Crippen molar-refractivity contribution in [1.29, 1.82) is 0 Å². The highest BCUT2D eigenvalue weighted by Gasteiger charge is 2.18. The zero-order chi connectivity index (χ0) is 15.6. The van der Waals surface area contributed by atoms with Crippen LogP contribution in [0.15, 0.2) is 33.8 Å². The Kier molecular flexibility index (Phi) is 4.14. The number of sulfonamides is 1. The molecule has 2 aromatic rings. The van der Waals surface area contributed by atoms with Crippen LogP contribution in [0.2, 0.25) is 0 Å². The van der Waals surface area contributed by atoms with Crippen molar-refractivity contribution in [3.63, 3.8) is 0 Å². The Labute approximate surface area is 126 Å². The number of oxime groups is 1. The summed E-state index contributed by atoms with van der Waals surface area (Å²) in [4.78, 5) is 3.93. The molecule has 1 heterocycles. The summed E-state index contributed by atoms with van der Waals surface area (Å²) in [7, 11) is -3.70. The number of rotatable bonds is 4. The third kappa shape index (κ3) is 3.31. The highest BCUT2D eigenvalue weighted by atomic mass is 32.2. The SMILES string of the molecule is Cc1ncc(S(=O)(=O)Nc2cc(/C(N)=N/O)ccc2C)s1. The van der Waals surface area contributed by atoms with Crippen molar-refractivity contribution in [1.82, 2.24) is 4.98 Å². The lowest BCUT2D eigenvalue weighted by Crippen LogP contribution is -2.16. The number of thiazole rings is 1. The van der Waals surface area contributed by atoms with E-state index < -0.39 is 10.0 Å². The van der Waals surface area contributed by atoms with Crippen LogP contribution < -0.4 is 10.5 Å². The van der Waals surface area contributed by atoms with Gasteiger partial charge in [-0.15, -0.1) is 11.3 Å². The molecule has 4 N–H and O–H groups in total. The summed E-state index contributed by atoms with van der Waals surface area (Å²) >= 11 is 1.08. The molecular weight excluding hydrogens is 312 g/mol. The van der Waals surface area contributed by atoms with E-state index >= 15 is 0 Å². The van der Waals surface area contributed by atoms with E-state index in [-0.39, 0.29) is 10.0 Å². The van der Waals surface area contributed by atoms with Crippen LogP contribution in [0.3, 0.4) is 0 Å². The van der Waals surface area contributed by atoms with Gasteiger partial charge in [0.1, 0.15) is 0 Å². The summed E-state index contributed by atoms with van der Waals surface area (Å²) in [6.07, 6.45) is 1.31. The van der Waals surface area contributed by atoms with E-state index in [1.165, 1.54) is 12.3 Å². The molecule has 0 aliphatic heterocycles. The number of aromatic nitrogens is 1. The summed E-state index contributed by atoms with van der Waals surface area (Å²) in [6, 6.07) is 4.83. The molecule has 1 aromatic carbocycles. The lowest BCUT2D eigenvalue weighted by atomic mass is 10.1. The van der Waals surface area contributed by atoms with Crippen LogP contribution in [-0.2, 0) is 10.0 Å². The largest absolute Gasteiger partial charge is 0.409 e. The van der Waals surface area contributed by atoms with Crippen molar-refractivity contribution >= 4 is 32.9 Å². The predicted octanol–water partition coefficient (Wildman–Crippen LogP) is 1.66. The normalized spacial score (nSPS) is 12.4. The van der Waals surface area contributed by atoms with Crippen LogP contribution in [0.4, 0.5) is 5.69 Å². The number of hydrogen-bond acceptors (Lipinski definition) is 6. The number of anilines is 1. The van der Waals surface area contributed by atoms with Gasteiger partial charge in [-0.25, -0.2) is 13.4 Å². The highest BCUT2D eigenvalue weighted by Crippen LogP contribution is 2.24. The fraction of sp³-hybridized carbons (Fsp3) is 0.167. The molecule has 0 amide bonds. The van der Waals surface area contributed by atoms with Gasteiger partial charge in [0.25, 0.3) is 10.0 Å². The molecule has 0 spiro atoms. The van der Waals surface area contributed by atoms with E-state index in [4.69, 9.17) is 10.9 Å². The van der Waals surface area contributed by atoms with Crippen LogP contribution in [0.25, 0.3) is 0 Å². The molecule has 7 nitrogen and oxygen atoms in total. The first kappa shape index (κ1) is 15.3. The van der Waals surface area contributed by atoms with E-state index in [2.05, 4.69) is 14.9 Å². The van der Waals surface area contributed by atoms with Crippen molar-refractivity contribution in [2.75, 3.05) is 4.72 Å². The fourth-order valence-corrected chi connectivity index (χ4v) is 3.84. The molecular formula is C12H14N4O3S2. The smallest absolute Gasteiger partial charge is 0.273 e. The summed E-state index contributed by atoms with van der Waals surface area (Å²) in [5, 5.41) is 12.2. The van der Waals surface area contributed by atoms with Crippen molar-refractivity contribution in [3.05, 3.63) is 40.5 Å². The molecule has 0 bridgehead atoms. The average Bonchev–Trinajstić information content (AvgIpc) is 2.87. The monoisotopic (exact) mass is 326 g/mol. The second-order valence-electron chi connectivity index (χ2n) is 4.32. The molecule has 0 radical (unpaired) electrons. The van der Waals surface area contributed by atoms with Crippen LogP contribution in [0.5, 0.6) is 0 Å². The van der Waals surface area contributed by atoms with Gasteiger partial charge < -0.3 is 10.9 Å². The van der Waals surface area contributed by atoms with Gasteiger partial charge in [-0.2, -0.15) is 0 Å². The Morgan fingerprint density at radius 3 is 2.71 bits per heavy atom. The maximum Gasteiger partial charge on any atom is 0.273 e. The fourth-order valence-electron chi connectivity index (χ4n) is 1.61. The molecule has 0 unspecified atom stereocenters. The van der Waals surface area contributed by atoms with Crippen molar-refractivity contribution < 1.29 is 13.6 Å². The molecule has 0 fully saturated rings. The quantitative estimate of drug-likeness (QED) is 0.342. The Bertz CT molecular complexity index is 797. The van der Waals surface area contributed by atoms with E-state index in [0.29, 0.717) is 21.8 Å². The summed E-state index contributed by atoms with van der Waals surface area (Å²) in [5.41, 5.74) is 7.01. The number of nitrogens with zero attached hydrogens (tertiary/aromatic N) is 2. The van der Waals surface area contributed by atoms with Crippen LogP contribution in [0.1, 0.15) is 16.1 Å². The summed E-state index contributed by atoms with van der Waals surface area (Å²) in [5.74, 6) is -0.0934. The zero-order valence-corrected chi connectivity index (χ0v) is 13.0. The Hall–Kier alpha value is -2.13. The molecule has 112 valence electrons. The molecule has 9 heteroatoms. The van der Waals surface area contributed by atoms with Gasteiger partial charge in [0.2, 0.25) is 0 Å². The third-order valence-electron chi connectivity index (χ3n) is 2.75. The Morgan fingerprint density at radius 1 is 1.43 bits per heavy atom. The molecule has 0 aliphatic carbocycles. The Morgan fingerprint density at radius 2 is 2.14 bits per heavy atom. The van der Waals surface area contributed by atoms with Crippen LogP contribution in [0, 0.1) is 13.8 Å². The zero-order valence-electron chi connectivity index (χ0n) is 11.4. The summed E-state index contributed by atoms with van der Waals surface area (Å²) in [6.45, 7) is 3.49. The highest BCUT2D eigenvalue weighted by molar-refractivity contribution is 7.94. The first-order valence-electron chi connectivity index (χ1n) is 5.87. The lowest BCUT2D eigenvalue weighted by molar-refractivity contribution is 0.318. The predicted molar refractivity (Wildman–Crippen MR) is 81.3 cm³/mol. The average molecular weight is 326 g/mol. The molecule has 0 aliphatic rings. The lowest BCUT2D eigenvalue weighted by Gasteiger charge is -2.10. The first-order chi connectivity index (χ1) is 9.83. The standard InChI is InChI=1S/C12H14N4O3S2/c1-7-3-4-9(12(13)15-17)5-10(7)16-21(18,19)11-6-14-8(2)20-11/h3-6,16-17H,1-2H3,(H2,13,15). The second-order valence-corrected chi connectivity index (χ2v) is 7.46. The number of amidine groups is 1. The maximum absolute atomic E-state index is 12.3. The van der Waals surface area contributed by atoms with Crippen molar-refractivity contribution in [2.45, 2.75) is 18.1 Å². The minimum Gasteiger partial charge on any atom is -0.409 e. The minimum atomic E-state index is -3.70. The van der Waals surface area contributed by atoms with Gasteiger partial charge in [0.15, 0.2) is 10.0 Å². The molecule has 0 saturated heterocycles. The number of aryl methyl sites for hydroxylation is 2. The molecule has 2 rings (SSSR count). The number of nitrogens with two attached hydrogens (primary N) is 1. The maximum atomic E-state index is 12.3. The first-order valence-corrected chi connectivity index (χ1v) is 8.17. The van der Waals surface area contributed by atoms with Crippen LogP contribution >= 0.6 is 11.3 Å². The van der Waals surface area contributed by atoms with Crippen molar-refractivity contribution in [2.24, 2.45) is 10.9 Å². The van der Waals surface area contributed by atoms with Gasteiger partial charge in [0, 0.05) is 5.56 Å². The van der Waals surface area contributed by atoms with Crippen molar-refractivity contribution in [3.8, 4) is 0 Å². The van der Waals surface area contributed by atoms with Gasteiger partial charge in [-0.05, 0) is 25.5 Å². The molecule has 0 saturated carbocycles. The van der Waals surface area contributed by atoms with E-state index in [1.807, 2.05) is 0 Å². The summed E-state index contributed by atoms with van der Waals surface area (Å²) < 4.78 is 27.2. The molecule has 0 atom stereocenters. The van der Waals surface area contributed by atoms with Gasteiger partial charge in [-0.1, -0.05) is 17.3 Å². The second kappa shape index (κ2) is 5.70. The molecule has 21 heavy (non-hydrogen) atoms. The van der Waals surface area contributed by atoms with Gasteiger partial charge in [-0.3, -0.25) is 4.72 Å². The van der Waals surface area contributed by atoms with E-state index in [0.717, 1.165) is 11.3 Å². The third-order valence-corrected chi connectivity index (χ3v) is 5.49. The topological polar surface area (TPSA) is 118 Å². The molecule has 1 aromatic heterocycles. The number of nitrogens with one attached hydrogen (secondary N) is 1. The van der Waals surface area contributed by atoms with E-state index in [1.54, 1.807) is 26.0 Å². The number of benzene rings is 1. The Balaban J connectivity index is 2.39. The van der Waals surface area contributed by atoms with Gasteiger partial charge >= 0.3 is 0 Å². The number of hydrogen-bond donors (Lipinski definition) is 3. The van der Waals surface area contributed by atoms with Crippen LogP contribution in [-0.4, -0.2) is 24.4 Å². The van der Waals surface area contributed by atoms with Gasteiger partial charge in [0.05, 0.1) is 16.9 Å². The van der Waals surface area contributed by atoms with E-state index in [9.17, 15) is 8.42 Å².